The van der Waals surface area contributed by atoms with E-state index in [2.05, 4.69) is 15.4 Å². The van der Waals surface area contributed by atoms with Gasteiger partial charge in [0.2, 0.25) is 5.95 Å². The Bertz CT molecular complexity index is 1110. The molecule has 3 aromatic rings. The molecule has 0 fully saturated rings. The minimum absolute atomic E-state index is 0.116. The van der Waals surface area contributed by atoms with Crippen LogP contribution in [0.15, 0.2) is 66.5 Å². The van der Waals surface area contributed by atoms with Gasteiger partial charge in [0, 0.05) is 6.07 Å². The molecule has 1 N–H and O–H groups in total. The Balaban J connectivity index is 2.02. The SMILES string of the molecule is CCOC(=O)C1=C(c2ccccc2)Nc2ncnn2C1c1ccccc1[N+](=O)[O-]. The van der Waals surface area contributed by atoms with Gasteiger partial charge < -0.3 is 10.1 Å². The average Bonchev–Trinajstić information content (AvgIpc) is 3.21. The van der Waals surface area contributed by atoms with Gasteiger partial charge in [-0.25, -0.2) is 9.48 Å². The summed E-state index contributed by atoms with van der Waals surface area (Å²) in [5.41, 5.74) is 1.64. The van der Waals surface area contributed by atoms with Crippen molar-refractivity contribution in [2.24, 2.45) is 0 Å². The number of carbonyl (C=O) groups excluding carboxylic acids is 1. The molecule has 0 amide bonds. The van der Waals surface area contributed by atoms with Crippen molar-refractivity contribution in [2.75, 3.05) is 11.9 Å². The molecule has 1 aliphatic rings. The van der Waals surface area contributed by atoms with Crippen molar-refractivity contribution < 1.29 is 14.5 Å². The Morgan fingerprint density at radius 1 is 1.21 bits per heavy atom. The van der Waals surface area contributed by atoms with Gasteiger partial charge in [0.15, 0.2) is 0 Å². The first-order chi connectivity index (χ1) is 14.1. The number of anilines is 1. The molecule has 0 bridgehead atoms. The summed E-state index contributed by atoms with van der Waals surface area (Å²) >= 11 is 0. The molecule has 9 nitrogen and oxygen atoms in total. The number of nitrogens with one attached hydrogen (secondary N) is 1. The second-order valence-electron chi connectivity index (χ2n) is 6.25. The van der Waals surface area contributed by atoms with Crippen LogP contribution in [0.5, 0.6) is 0 Å². The molecule has 2 aromatic carbocycles. The van der Waals surface area contributed by atoms with Crippen LogP contribution < -0.4 is 5.32 Å². The smallest absolute Gasteiger partial charge is 0.338 e. The predicted molar refractivity (Wildman–Crippen MR) is 105 cm³/mol. The second kappa shape index (κ2) is 7.55. The number of rotatable bonds is 5. The molecular weight excluding hydrogens is 374 g/mol. The van der Waals surface area contributed by atoms with Gasteiger partial charge in [0.1, 0.15) is 12.4 Å². The van der Waals surface area contributed by atoms with Gasteiger partial charge in [-0.1, -0.05) is 42.5 Å². The maximum Gasteiger partial charge on any atom is 0.338 e. The molecule has 0 spiro atoms. The number of nitro groups is 1. The van der Waals surface area contributed by atoms with Crippen LogP contribution in [0, 0.1) is 10.1 Å². The normalized spacial score (nSPS) is 15.4. The molecule has 29 heavy (non-hydrogen) atoms. The highest BCUT2D eigenvalue weighted by molar-refractivity contribution is 6.02. The largest absolute Gasteiger partial charge is 0.463 e. The van der Waals surface area contributed by atoms with Gasteiger partial charge in [-0.3, -0.25) is 10.1 Å². The van der Waals surface area contributed by atoms with Crippen molar-refractivity contribution >= 4 is 23.3 Å². The van der Waals surface area contributed by atoms with Crippen molar-refractivity contribution in [3.63, 3.8) is 0 Å². The van der Waals surface area contributed by atoms with Crippen LogP contribution in [-0.4, -0.2) is 32.3 Å². The van der Waals surface area contributed by atoms with Gasteiger partial charge in [-0.15, -0.1) is 0 Å². The highest BCUT2D eigenvalue weighted by atomic mass is 16.6. The number of nitro benzene ring substituents is 1. The van der Waals surface area contributed by atoms with Crippen molar-refractivity contribution in [1.29, 1.82) is 0 Å². The number of aromatic nitrogens is 3. The van der Waals surface area contributed by atoms with Crippen LogP contribution >= 0.6 is 0 Å². The summed E-state index contributed by atoms with van der Waals surface area (Å²) in [7, 11) is 0. The number of hydrogen-bond acceptors (Lipinski definition) is 7. The number of para-hydroxylation sites is 1. The standard InChI is InChI=1S/C20H17N5O4/c1-2-29-19(26)16-17(13-8-4-3-5-9-13)23-20-21-12-22-24(20)18(16)14-10-6-7-11-15(14)25(27)28/h3-12,18H,2H2,1H3,(H,21,22,23). The lowest BCUT2D eigenvalue weighted by Crippen LogP contribution is -2.30. The minimum atomic E-state index is -0.871. The van der Waals surface area contributed by atoms with E-state index in [0.717, 1.165) is 5.56 Å². The molecule has 0 saturated heterocycles. The van der Waals surface area contributed by atoms with E-state index in [4.69, 9.17) is 4.74 Å². The highest BCUT2D eigenvalue weighted by Gasteiger charge is 2.39. The quantitative estimate of drug-likeness (QED) is 0.404. The lowest BCUT2D eigenvalue weighted by Gasteiger charge is -2.29. The molecule has 0 radical (unpaired) electrons. The lowest BCUT2D eigenvalue weighted by atomic mass is 9.92. The van der Waals surface area contributed by atoms with E-state index in [1.54, 1.807) is 25.1 Å². The third kappa shape index (κ3) is 3.22. The number of hydrogen-bond donors (Lipinski definition) is 1. The van der Waals surface area contributed by atoms with Crippen molar-refractivity contribution in [3.8, 4) is 0 Å². The van der Waals surface area contributed by atoms with Crippen LogP contribution in [-0.2, 0) is 9.53 Å². The summed E-state index contributed by atoms with van der Waals surface area (Å²) in [6.45, 7) is 1.87. The molecule has 9 heteroatoms. The van der Waals surface area contributed by atoms with E-state index in [0.29, 0.717) is 17.2 Å². The average molecular weight is 391 g/mol. The van der Waals surface area contributed by atoms with E-state index < -0.39 is 16.9 Å². The molecule has 1 aliphatic heterocycles. The molecule has 1 atom stereocenters. The Morgan fingerprint density at radius 3 is 2.66 bits per heavy atom. The lowest BCUT2D eigenvalue weighted by molar-refractivity contribution is -0.385. The van der Waals surface area contributed by atoms with Crippen LogP contribution in [0.3, 0.4) is 0 Å². The summed E-state index contributed by atoms with van der Waals surface area (Å²) in [4.78, 5) is 28.4. The molecule has 1 aromatic heterocycles. The van der Waals surface area contributed by atoms with Crippen molar-refractivity contribution in [3.05, 3.63) is 87.7 Å². The zero-order valence-electron chi connectivity index (χ0n) is 15.5. The van der Waals surface area contributed by atoms with E-state index in [9.17, 15) is 14.9 Å². The highest BCUT2D eigenvalue weighted by Crippen LogP contribution is 2.41. The summed E-state index contributed by atoms with van der Waals surface area (Å²) in [6.07, 6.45) is 1.33. The molecule has 146 valence electrons. The minimum Gasteiger partial charge on any atom is -0.463 e. The molecular formula is C20H17N5O4. The number of ether oxygens (including phenoxy) is 1. The summed E-state index contributed by atoms with van der Waals surface area (Å²) < 4.78 is 6.77. The fourth-order valence-electron chi connectivity index (χ4n) is 3.39. The first-order valence-electron chi connectivity index (χ1n) is 8.98. The molecule has 4 rings (SSSR count). The summed E-state index contributed by atoms with van der Waals surface area (Å²) in [6, 6.07) is 14.6. The third-order valence-corrected chi connectivity index (χ3v) is 4.58. The van der Waals surface area contributed by atoms with Gasteiger partial charge >= 0.3 is 5.97 Å². The maximum atomic E-state index is 13.0. The predicted octanol–water partition coefficient (Wildman–Crippen LogP) is 3.18. The van der Waals surface area contributed by atoms with Gasteiger partial charge in [-0.2, -0.15) is 10.1 Å². The zero-order chi connectivity index (χ0) is 20.4. The van der Waals surface area contributed by atoms with E-state index in [1.165, 1.54) is 17.1 Å². The summed E-state index contributed by atoms with van der Waals surface area (Å²) in [5, 5.41) is 19.0. The van der Waals surface area contributed by atoms with Crippen LogP contribution in [0.2, 0.25) is 0 Å². The molecule has 0 saturated carbocycles. The van der Waals surface area contributed by atoms with Crippen LogP contribution in [0.4, 0.5) is 11.6 Å². The number of nitrogens with zero attached hydrogens (tertiary/aromatic N) is 4. The van der Waals surface area contributed by atoms with Gasteiger partial charge in [-0.05, 0) is 18.6 Å². The zero-order valence-corrected chi connectivity index (χ0v) is 15.5. The number of esters is 1. The topological polar surface area (TPSA) is 112 Å². The van der Waals surface area contributed by atoms with E-state index in [1.807, 2.05) is 30.3 Å². The molecule has 1 unspecified atom stereocenters. The number of carbonyl (C=O) groups is 1. The Hall–Kier alpha value is -4.01. The molecule has 0 aliphatic carbocycles. The van der Waals surface area contributed by atoms with Gasteiger partial charge in [0.05, 0.1) is 28.4 Å². The second-order valence-corrected chi connectivity index (χ2v) is 6.25. The fraction of sp³-hybridized carbons (Fsp3) is 0.150. The Morgan fingerprint density at radius 2 is 1.93 bits per heavy atom. The maximum absolute atomic E-state index is 13.0. The Kier molecular flexibility index (Phi) is 4.78. The van der Waals surface area contributed by atoms with Crippen molar-refractivity contribution in [1.82, 2.24) is 14.8 Å². The van der Waals surface area contributed by atoms with Crippen molar-refractivity contribution in [2.45, 2.75) is 13.0 Å². The van der Waals surface area contributed by atoms with E-state index in [-0.39, 0.29) is 17.9 Å². The fourth-order valence-corrected chi connectivity index (χ4v) is 3.39. The first-order valence-corrected chi connectivity index (χ1v) is 8.98. The third-order valence-electron chi connectivity index (χ3n) is 4.58. The van der Waals surface area contributed by atoms with E-state index >= 15 is 0 Å². The van der Waals surface area contributed by atoms with Gasteiger partial charge in [0.25, 0.3) is 5.69 Å². The summed E-state index contributed by atoms with van der Waals surface area (Å²) in [5.74, 6) is -0.205. The first kappa shape index (κ1) is 18.4. The number of benzene rings is 2. The van der Waals surface area contributed by atoms with Crippen LogP contribution in [0.25, 0.3) is 5.70 Å². The number of fused-ring (bicyclic) bond motifs is 1. The molecule has 2 heterocycles. The monoisotopic (exact) mass is 391 g/mol. The Labute approximate surface area is 165 Å². The van der Waals surface area contributed by atoms with Crippen LogP contribution in [0.1, 0.15) is 24.1 Å².